The highest BCUT2D eigenvalue weighted by atomic mass is 35.5. The Morgan fingerprint density at radius 1 is 0.957 bits per heavy atom. The SMILES string of the molecule is N#Cc1cccc(S(=O)(=O)Nc2ccc(Cl)c3ccccc23)c1. The second kappa shape index (κ2) is 5.92. The molecule has 0 aliphatic heterocycles. The number of nitrogens with one attached hydrogen (secondary N) is 1. The molecular formula is C17H11ClN2O2S. The van der Waals surface area contributed by atoms with Gasteiger partial charge in [0, 0.05) is 15.8 Å². The van der Waals surface area contributed by atoms with Crippen molar-refractivity contribution in [1.82, 2.24) is 0 Å². The number of sulfonamides is 1. The van der Waals surface area contributed by atoms with Crippen molar-refractivity contribution in [2.24, 2.45) is 0 Å². The zero-order valence-electron chi connectivity index (χ0n) is 11.8. The van der Waals surface area contributed by atoms with Crippen LogP contribution in [-0.2, 0) is 10.0 Å². The Hall–Kier alpha value is -2.55. The van der Waals surface area contributed by atoms with Gasteiger partial charge in [0.2, 0.25) is 0 Å². The van der Waals surface area contributed by atoms with Crippen LogP contribution in [-0.4, -0.2) is 8.42 Å². The maximum atomic E-state index is 12.5. The molecule has 0 fully saturated rings. The molecule has 0 bridgehead atoms. The predicted octanol–water partition coefficient (Wildman–Crippen LogP) is 4.17. The number of benzene rings is 3. The van der Waals surface area contributed by atoms with Crippen LogP contribution in [0.5, 0.6) is 0 Å². The molecule has 0 saturated heterocycles. The van der Waals surface area contributed by atoms with Gasteiger partial charge in [0.15, 0.2) is 0 Å². The molecule has 0 saturated carbocycles. The maximum absolute atomic E-state index is 12.5. The van der Waals surface area contributed by atoms with Gasteiger partial charge in [-0.25, -0.2) is 8.42 Å². The summed E-state index contributed by atoms with van der Waals surface area (Å²) in [6.07, 6.45) is 0. The number of hydrogen-bond donors (Lipinski definition) is 1. The molecule has 3 aromatic carbocycles. The summed E-state index contributed by atoms with van der Waals surface area (Å²) in [5, 5.41) is 10.9. The molecular weight excluding hydrogens is 332 g/mol. The quantitative estimate of drug-likeness (QED) is 0.776. The smallest absolute Gasteiger partial charge is 0.261 e. The van der Waals surface area contributed by atoms with Crippen LogP contribution in [0.2, 0.25) is 5.02 Å². The van der Waals surface area contributed by atoms with Crippen LogP contribution < -0.4 is 4.72 Å². The zero-order chi connectivity index (χ0) is 16.4. The summed E-state index contributed by atoms with van der Waals surface area (Å²) in [5.74, 6) is 0. The van der Waals surface area contributed by atoms with Gasteiger partial charge >= 0.3 is 0 Å². The summed E-state index contributed by atoms with van der Waals surface area (Å²) in [6, 6.07) is 18.3. The molecule has 3 rings (SSSR count). The average Bonchev–Trinajstić information content (AvgIpc) is 2.58. The highest BCUT2D eigenvalue weighted by Gasteiger charge is 2.16. The van der Waals surface area contributed by atoms with Crippen LogP contribution in [0.3, 0.4) is 0 Å². The molecule has 0 aliphatic carbocycles. The molecule has 3 aromatic rings. The van der Waals surface area contributed by atoms with Crippen molar-refractivity contribution in [2.75, 3.05) is 4.72 Å². The molecule has 1 N–H and O–H groups in total. The first-order valence-corrected chi connectivity index (χ1v) is 8.57. The molecule has 0 unspecified atom stereocenters. The van der Waals surface area contributed by atoms with Gasteiger partial charge in [0.05, 0.1) is 22.2 Å². The number of anilines is 1. The van der Waals surface area contributed by atoms with Crippen molar-refractivity contribution in [3.8, 4) is 6.07 Å². The molecule has 4 nitrogen and oxygen atoms in total. The van der Waals surface area contributed by atoms with Crippen LogP contribution in [0.25, 0.3) is 10.8 Å². The fraction of sp³-hybridized carbons (Fsp3) is 0. The molecule has 0 radical (unpaired) electrons. The van der Waals surface area contributed by atoms with Crippen molar-refractivity contribution in [2.45, 2.75) is 4.90 Å². The van der Waals surface area contributed by atoms with Crippen LogP contribution in [0.4, 0.5) is 5.69 Å². The molecule has 0 heterocycles. The van der Waals surface area contributed by atoms with Crippen LogP contribution >= 0.6 is 11.6 Å². The summed E-state index contributed by atoms with van der Waals surface area (Å²) < 4.78 is 27.6. The number of nitriles is 1. The van der Waals surface area contributed by atoms with E-state index in [0.717, 1.165) is 5.39 Å². The lowest BCUT2D eigenvalue weighted by Crippen LogP contribution is -2.13. The lowest BCUT2D eigenvalue weighted by molar-refractivity contribution is 0.601. The molecule has 0 aliphatic rings. The van der Waals surface area contributed by atoms with Gasteiger partial charge in [-0.15, -0.1) is 0 Å². The second-order valence-corrected chi connectivity index (χ2v) is 6.98. The number of rotatable bonds is 3. The Balaban J connectivity index is 2.08. The largest absolute Gasteiger partial charge is 0.279 e. The van der Waals surface area contributed by atoms with E-state index in [1.807, 2.05) is 24.3 Å². The van der Waals surface area contributed by atoms with E-state index in [2.05, 4.69) is 4.72 Å². The topological polar surface area (TPSA) is 70.0 Å². The van der Waals surface area contributed by atoms with Crippen molar-refractivity contribution in [3.63, 3.8) is 0 Å². The third-order valence-electron chi connectivity index (χ3n) is 3.39. The van der Waals surface area contributed by atoms with Crippen molar-refractivity contribution in [3.05, 3.63) is 71.2 Å². The van der Waals surface area contributed by atoms with E-state index >= 15 is 0 Å². The molecule has 0 aromatic heterocycles. The van der Waals surface area contributed by atoms with Crippen LogP contribution in [0.1, 0.15) is 5.56 Å². The average molecular weight is 343 g/mol. The minimum atomic E-state index is -3.79. The third-order valence-corrected chi connectivity index (χ3v) is 5.08. The fourth-order valence-electron chi connectivity index (χ4n) is 2.29. The monoisotopic (exact) mass is 342 g/mol. The first kappa shape index (κ1) is 15.3. The molecule has 0 spiro atoms. The number of halogens is 1. The third kappa shape index (κ3) is 3.00. The number of nitrogens with zero attached hydrogens (tertiary/aromatic N) is 1. The highest BCUT2D eigenvalue weighted by molar-refractivity contribution is 7.92. The van der Waals surface area contributed by atoms with Gasteiger partial charge in [0.1, 0.15) is 0 Å². The normalized spacial score (nSPS) is 11.1. The van der Waals surface area contributed by atoms with Crippen molar-refractivity contribution >= 4 is 38.1 Å². The molecule has 0 atom stereocenters. The van der Waals surface area contributed by atoms with E-state index in [1.165, 1.54) is 18.2 Å². The van der Waals surface area contributed by atoms with Gasteiger partial charge < -0.3 is 0 Å². The Bertz CT molecular complexity index is 1040. The summed E-state index contributed by atoms with van der Waals surface area (Å²) >= 11 is 6.14. The van der Waals surface area contributed by atoms with Gasteiger partial charge in [-0.1, -0.05) is 41.9 Å². The van der Waals surface area contributed by atoms with E-state index in [9.17, 15) is 8.42 Å². The highest BCUT2D eigenvalue weighted by Crippen LogP contribution is 2.31. The van der Waals surface area contributed by atoms with E-state index in [-0.39, 0.29) is 10.5 Å². The number of fused-ring (bicyclic) bond motifs is 1. The summed E-state index contributed by atoms with van der Waals surface area (Å²) in [4.78, 5) is 0.0376. The fourth-order valence-corrected chi connectivity index (χ4v) is 3.64. The van der Waals surface area contributed by atoms with E-state index in [0.29, 0.717) is 16.1 Å². The summed E-state index contributed by atoms with van der Waals surface area (Å²) in [5.41, 5.74) is 0.723. The van der Waals surface area contributed by atoms with E-state index in [1.54, 1.807) is 24.3 Å². The first-order valence-electron chi connectivity index (χ1n) is 6.71. The Kier molecular flexibility index (Phi) is 3.95. The molecule has 23 heavy (non-hydrogen) atoms. The van der Waals surface area contributed by atoms with E-state index < -0.39 is 10.0 Å². The molecule has 0 amide bonds. The van der Waals surface area contributed by atoms with Crippen molar-refractivity contribution in [1.29, 1.82) is 5.26 Å². The Morgan fingerprint density at radius 3 is 2.43 bits per heavy atom. The van der Waals surface area contributed by atoms with Gasteiger partial charge in [-0.3, -0.25) is 4.72 Å². The van der Waals surface area contributed by atoms with Crippen LogP contribution in [0.15, 0.2) is 65.6 Å². The summed E-state index contributed by atoms with van der Waals surface area (Å²) in [6.45, 7) is 0. The van der Waals surface area contributed by atoms with Crippen molar-refractivity contribution < 1.29 is 8.42 Å². The van der Waals surface area contributed by atoms with Gasteiger partial charge in [0.25, 0.3) is 10.0 Å². The zero-order valence-corrected chi connectivity index (χ0v) is 13.4. The molecule has 114 valence electrons. The van der Waals surface area contributed by atoms with Gasteiger partial charge in [-0.05, 0) is 30.3 Å². The van der Waals surface area contributed by atoms with Crippen LogP contribution in [0, 0.1) is 11.3 Å². The lowest BCUT2D eigenvalue weighted by atomic mass is 10.1. The first-order chi connectivity index (χ1) is 11.0. The Morgan fingerprint density at radius 2 is 1.70 bits per heavy atom. The number of hydrogen-bond acceptors (Lipinski definition) is 3. The predicted molar refractivity (Wildman–Crippen MR) is 90.9 cm³/mol. The lowest BCUT2D eigenvalue weighted by Gasteiger charge is -2.11. The minimum Gasteiger partial charge on any atom is -0.279 e. The van der Waals surface area contributed by atoms with Gasteiger partial charge in [-0.2, -0.15) is 5.26 Å². The minimum absolute atomic E-state index is 0.0376. The Labute approximate surface area is 139 Å². The summed E-state index contributed by atoms with van der Waals surface area (Å²) in [7, 11) is -3.79. The standard InChI is InChI=1S/C17H11ClN2O2S/c18-16-8-9-17(15-7-2-1-6-14(15)16)20-23(21,22)13-5-3-4-12(10-13)11-19/h1-10,20H. The second-order valence-electron chi connectivity index (χ2n) is 4.89. The van der Waals surface area contributed by atoms with E-state index in [4.69, 9.17) is 16.9 Å². The molecule has 6 heteroatoms. The maximum Gasteiger partial charge on any atom is 0.261 e.